The second-order valence-electron chi connectivity index (χ2n) is 3.93. The van der Waals surface area contributed by atoms with E-state index in [-0.39, 0.29) is 5.48 Å². The van der Waals surface area contributed by atoms with Gasteiger partial charge in [0.15, 0.2) is 0 Å². The first-order valence-electron chi connectivity index (χ1n) is 5.65. The zero-order valence-corrected chi connectivity index (χ0v) is 11.0. The van der Waals surface area contributed by atoms with Gasteiger partial charge in [-0.1, -0.05) is 30.3 Å². The van der Waals surface area contributed by atoms with Gasteiger partial charge in [0, 0.05) is 7.26 Å². The van der Waals surface area contributed by atoms with Gasteiger partial charge in [-0.05, 0) is 26.3 Å². The fraction of sp³-hybridized carbons (Fsp3) is 0.538. The third-order valence-electron chi connectivity index (χ3n) is 3.37. The van der Waals surface area contributed by atoms with Gasteiger partial charge in [0.2, 0.25) is 0 Å². The van der Waals surface area contributed by atoms with Gasteiger partial charge in [-0.25, -0.2) is 0 Å². The fourth-order valence-electron chi connectivity index (χ4n) is 1.98. The summed E-state index contributed by atoms with van der Waals surface area (Å²) in [6.07, 6.45) is 5.54. The van der Waals surface area contributed by atoms with Gasteiger partial charge in [0.1, 0.15) is 0 Å². The van der Waals surface area contributed by atoms with E-state index in [2.05, 4.69) is 51.1 Å². The first kappa shape index (κ1) is 14.6. The minimum atomic E-state index is -0.661. The lowest BCUT2D eigenvalue weighted by molar-refractivity contribution is 0.824. The molecule has 0 saturated heterocycles. The minimum absolute atomic E-state index is 0. The van der Waals surface area contributed by atoms with Crippen LogP contribution in [0.3, 0.4) is 0 Å². The molecule has 0 aliphatic heterocycles. The summed E-state index contributed by atoms with van der Waals surface area (Å²) in [7, 11) is -0.661. The molecule has 0 spiro atoms. The first-order chi connectivity index (χ1) is 6.76. The third kappa shape index (κ3) is 3.93. The van der Waals surface area contributed by atoms with Crippen LogP contribution in [0.4, 0.5) is 0 Å². The largest absolute Gasteiger partial charge is 0.870 e. The van der Waals surface area contributed by atoms with Crippen LogP contribution < -0.4 is 0 Å². The highest BCUT2D eigenvalue weighted by molar-refractivity contribution is 7.75. The Balaban J connectivity index is 0.00000196. The molecule has 15 heavy (non-hydrogen) atoms. The Hall–Kier alpha value is -0.390. The molecule has 1 N–H and O–H groups in total. The summed E-state index contributed by atoms with van der Waals surface area (Å²) in [5.41, 5.74) is 1.53. The van der Waals surface area contributed by atoms with Gasteiger partial charge in [0.25, 0.3) is 0 Å². The topological polar surface area (TPSA) is 30.0 Å². The number of benzene rings is 1. The standard InChI is InChI=1S/C13H22P.H2O/c1-4-14(5-2,6-3)12-13-10-8-7-9-11-13;/h7-11H,4-6,12H2,1-3H3;1H2/q+1;/p-1. The minimum Gasteiger partial charge on any atom is -0.870 e. The SMILES string of the molecule is CC[P+](CC)(CC)Cc1ccccc1.[OH-]. The zero-order valence-electron chi connectivity index (χ0n) is 10.1. The van der Waals surface area contributed by atoms with Crippen LogP contribution >= 0.6 is 7.26 Å². The maximum atomic E-state index is 2.36. The fourth-order valence-corrected chi connectivity index (χ4v) is 4.97. The van der Waals surface area contributed by atoms with Crippen molar-refractivity contribution in [2.75, 3.05) is 18.5 Å². The number of hydrogen-bond donors (Lipinski definition) is 0. The lowest BCUT2D eigenvalue weighted by atomic mass is 10.2. The van der Waals surface area contributed by atoms with Crippen LogP contribution in [0.25, 0.3) is 0 Å². The van der Waals surface area contributed by atoms with Crippen LogP contribution in [0.5, 0.6) is 0 Å². The van der Waals surface area contributed by atoms with E-state index in [4.69, 9.17) is 0 Å². The van der Waals surface area contributed by atoms with Crippen molar-refractivity contribution in [3.63, 3.8) is 0 Å². The molecule has 0 saturated carbocycles. The van der Waals surface area contributed by atoms with Gasteiger partial charge in [-0.15, -0.1) is 0 Å². The first-order valence-corrected chi connectivity index (χ1v) is 8.18. The Bertz CT molecular complexity index is 246. The molecule has 0 heterocycles. The van der Waals surface area contributed by atoms with Crippen molar-refractivity contribution in [3.8, 4) is 0 Å². The molecule has 0 fully saturated rings. The van der Waals surface area contributed by atoms with Crippen LogP contribution in [0, 0.1) is 0 Å². The van der Waals surface area contributed by atoms with E-state index in [1.165, 1.54) is 30.2 Å². The summed E-state index contributed by atoms with van der Waals surface area (Å²) >= 11 is 0. The molecule has 0 radical (unpaired) electrons. The molecule has 0 aliphatic carbocycles. The van der Waals surface area contributed by atoms with Crippen molar-refractivity contribution in [3.05, 3.63) is 35.9 Å². The molecule has 86 valence electrons. The van der Waals surface area contributed by atoms with Crippen molar-refractivity contribution < 1.29 is 5.48 Å². The smallest absolute Gasteiger partial charge is 0.0842 e. The van der Waals surface area contributed by atoms with E-state index in [0.717, 1.165) is 0 Å². The van der Waals surface area contributed by atoms with Crippen LogP contribution in [0.15, 0.2) is 30.3 Å². The monoisotopic (exact) mass is 226 g/mol. The van der Waals surface area contributed by atoms with Crippen molar-refractivity contribution in [1.29, 1.82) is 0 Å². The Morgan fingerprint density at radius 2 is 1.33 bits per heavy atom. The zero-order chi connectivity index (χ0) is 10.4. The normalized spacial score (nSPS) is 10.9. The van der Waals surface area contributed by atoms with E-state index in [1.807, 2.05) is 0 Å². The summed E-state index contributed by atoms with van der Waals surface area (Å²) < 4.78 is 0. The van der Waals surface area contributed by atoms with E-state index in [9.17, 15) is 0 Å². The Morgan fingerprint density at radius 1 is 0.867 bits per heavy atom. The van der Waals surface area contributed by atoms with Gasteiger partial charge in [-0.2, -0.15) is 0 Å². The average Bonchev–Trinajstić information content (AvgIpc) is 2.28. The second-order valence-corrected chi connectivity index (χ2v) is 8.83. The molecule has 0 bridgehead atoms. The van der Waals surface area contributed by atoms with E-state index in [0.29, 0.717) is 0 Å². The summed E-state index contributed by atoms with van der Waals surface area (Å²) in [6.45, 7) is 7.09. The molecular formula is C13H23OP. The molecule has 0 amide bonds. The highest BCUT2D eigenvalue weighted by atomic mass is 31.2. The third-order valence-corrected chi connectivity index (χ3v) is 8.43. The van der Waals surface area contributed by atoms with E-state index >= 15 is 0 Å². The highest BCUT2D eigenvalue weighted by Gasteiger charge is 2.30. The lowest BCUT2D eigenvalue weighted by Gasteiger charge is -2.23. The van der Waals surface area contributed by atoms with Crippen molar-refractivity contribution in [2.24, 2.45) is 0 Å². The molecule has 2 heteroatoms. The van der Waals surface area contributed by atoms with E-state index < -0.39 is 7.26 Å². The number of hydrogen-bond acceptors (Lipinski definition) is 1. The molecular weight excluding hydrogens is 203 g/mol. The molecule has 0 aromatic heterocycles. The van der Waals surface area contributed by atoms with Gasteiger partial charge in [-0.3, -0.25) is 0 Å². The lowest BCUT2D eigenvalue weighted by Crippen LogP contribution is -2.05. The quantitative estimate of drug-likeness (QED) is 0.695. The molecule has 0 unspecified atom stereocenters. The van der Waals surface area contributed by atoms with Crippen molar-refractivity contribution in [2.45, 2.75) is 26.9 Å². The van der Waals surface area contributed by atoms with Gasteiger partial charge >= 0.3 is 0 Å². The summed E-state index contributed by atoms with van der Waals surface area (Å²) in [4.78, 5) is 0. The second kappa shape index (κ2) is 6.98. The summed E-state index contributed by atoms with van der Waals surface area (Å²) in [5.74, 6) is 0. The molecule has 0 atom stereocenters. The molecule has 1 nitrogen and oxygen atoms in total. The average molecular weight is 226 g/mol. The molecule has 1 aromatic rings. The Labute approximate surface area is 94.6 Å². The summed E-state index contributed by atoms with van der Waals surface area (Å²) in [5, 5.41) is 0. The van der Waals surface area contributed by atoms with Crippen LogP contribution in [0.2, 0.25) is 0 Å². The van der Waals surface area contributed by atoms with Crippen LogP contribution in [-0.4, -0.2) is 24.0 Å². The Kier molecular flexibility index (Phi) is 6.80. The van der Waals surface area contributed by atoms with Crippen molar-refractivity contribution in [1.82, 2.24) is 0 Å². The maximum absolute atomic E-state index is 2.36. The summed E-state index contributed by atoms with van der Waals surface area (Å²) in [6, 6.07) is 11.0. The van der Waals surface area contributed by atoms with Crippen LogP contribution in [-0.2, 0) is 6.16 Å². The highest BCUT2D eigenvalue weighted by Crippen LogP contribution is 2.60. The van der Waals surface area contributed by atoms with E-state index in [1.54, 1.807) is 0 Å². The van der Waals surface area contributed by atoms with Gasteiger partial charge in [0.05, 0.1) is 24.6 Å². The molecule has 1 rings (SSSR count). The Morgan fingerprint density at radius 3 is 1.73 bits per heavy atom. The van der Waals surface area contributed by atoms with Crippen LogP contribution in [0.1, 0.15) is 26.3 Å². The molecule has 0 aliphatic rings. The maximum Gasteiger partial charge on any atom is 0.0842 e. The molecule has 1 aromatic carbocycles. The predicted molar refractivity (Wildman–Crippen MR) is 70.6 cm³/mol. The van der Waals surface area contributed by atoms with Gasteiger partial charge < -0.3 is 5.48 Å². The predicted octanol–water partition coefficient (Wildman–Crippen LogP) is 4.09. The number of rotatable bonds is 5. The van der Waals surface area contributed by atoms with Crippen molar-refractivity contribution >= 4 is 7.26 Å².